The van der Waals surface area contributed by atoms with Crippen LogP contribution < -0.4 is 17.2 Å². The monoisotopic (exact) mass is 495 g/mol. The van der Waals surface area contributed by atoms with Gasteiger partial charge in [-0.1, -0.05) is 13.3 Å². The van der Waals surface area contributed by atoms with Crippen molar-refractivity contribution < 1.29 is 49.6 Å². The number of ether oxygens (including phenoxy) is 4. The summed E-state index contributed by atoms with van der Waals surface area (Å²) in [7, 11) is 0. The largest absolute Gasteiger partial charge is 0.391 e. The van der Waals surface area contributed by atoms with Crippen molar-refractivity contribution in [2.75, 3.05) is 0 Å². The van der Waals surface area contributed by atoms with Crippen LogP contribution in [-0.2, 0) is 18.9 Å². The van der Waals surface area contributed by atoms with Crippen LogP contribution in [-0.4, -0.2) is 122 Å². The summed E-state index contributed by atoms with van der Waals surface area (Å²) in [6.45, 7) is 4.90. The van der Waals surface area contributed by atoms with Crippen LogP contribution in [0.3, 0.4) is 0 Å². The quantitative estimate of drug-likeness (QED) is 0.163. The maximum Gasteiger partial charge on any atom is 0.187 e. The van der Waals surface area contributed by atoms with E-state index in [4.69, 9.17) is 36.1 Å². The molecular formula is C21H41N3O10. The first kappa shape index (κ1) is 28.1. The van der Waals surface area contributed by atoms with Crippen molar-refractivity contribution in [3.05, 3.63) is 0 Å². The van der Waals surface area contributed by atoms with Crippen LogP contribution in [0.5, 0.6) is 0 Å². The first-order chi connectivity index (χ1) is 15.9. The molecule has 13 nitrogen and oxygen atoms in total. The van der Waals surface area contributed by atoms with Gasteiger partial charge in [0.2, 0.25) is 0 Å². The lowest BCUT2D eigenvalue weighted by Crippen LogP contribution is -2.67. The van der Waals surface area contributed by atoms with Crippen LogP contribution in [0.2, 0.25) is 0 Å². The Morgan fingerprint density at radius 1 is 0.824 bits per heavy atom. The second-order valence-electron chi connectivity index (χ2n) is 9.84. The van der Waals surface area contributed by atoms with E-state index >= 15 is 0 Å². The van der Waals surface area contributed by atoms with E-state index in [1.807, 2.05) is 6.92 Å². The van der Waals surface area contributed by atoms with Crippen LogP contribution in [0.15, 0.2) is 0 Å². The predicted octanol–water partition coefficient (Wildman–Crippen LogP) is -4.18. The Kier molecular flexibility index (Phi) is 9.29. The number of hydrogen-bond acceptors (Lipinski definition) is 13. The average Bonchev–Trinajstić information content (AvgIpc) is 3.06. The Labute approximate surface area is 198 Å². The second-order valence-corrected chi connectivity index (χ2v) is 9.84. The summed E-state index contributed by atoms with van der Waals surface area (Å²) in [6, 6.07) is -2.43. The standard InChI is InChI=1S/C21H41N3O10/c1-4-8-5-9(23)18(33-20-10(24)12(27)13(28)17(32-20)7(3)25)19(11(8)26)34-21-15(30)14(29)16(31-21)6(2)22/h6-21,25-30H,4-5,22-24H2,1-3H3/t6-,7+,8+,9?,10?,11?,12+,13-,14+,15?,16+,17?,18+,19+,20+,21-/m0/s1. The summed E-state index contributed by atoms with van der Waals surface area (Å²) in [5.74, 6) is -0.244. The molecule has 0 spiro atoms. The summed E-state index contributed by atoms with van der Waals surface area (Å²) in [6.07, 6.45) is -13.6. The van der Waals surface area contributed by atoms with Gasteiger partial charge in [0, 0.05) is 12.1 Å². The van der Waals surface area contributed by atoms with Gasteiger partial charge < -0.3 is 66.8 Å². The molecule has 13 heteroatoms. The first-order valence-corrected chi connectivity index (χ1v) is 11.9. The van der Waals surface area contributed by atoms with Crippen molar-refractivity contribution in [1.29, 1.82) is 0 Å². The highest BCUT2D eigenvalue weighted by molar-refractivity contribution is 5.00. The molecule has 0 radical (unpaired) electrons. The molecule has 1 saturated carbocycles. The molecule has 0 bridgehead atoms. The molecule has 0 aromatic carbocycles. The number of hydrogen-bond donors (Lipinski definition) is 9. The Morgan fingerprint density at radius 3 is 1.91 bits per heavy atom. The van der Waals surface area contributed by atoms with Gasteiger partial charge in [-0.15, -0.1) is 0 Å². The molecule has 34 heavy (non-hydrogen) atoms. The molecule has 3 rings (SSSR count). The van der Waals surface area contributed by atoms with Crippen LogP contribution in [0, 0.1) is 5.92 Å². The highest BCUT2D eigenvalue weighted by Crippen LogP contribution is 2.36. The molecule has 3 fully saturated rings. The fraction of sp³-hybridized carbons (Fsp3) is 1.00. The second kappa shape index (κ2) is 11.3. The molecule has 12 N–H and O–H groups in total. The SMILES string of the molecule is CC[C@@H]1CC(N)[C@@H](O[C@H]2OC([C@@H](C)O)[C@@H](O)[C@H](O)C2N)[C@H](O[C@@H]2O[C@H]([C@H](C)N)[C@H](O)C2O)C1O. The minimum Gasteiger partial charge on any atom is -0.391 e. The Morgan fingerprint density at radius 2 is 1.38 bits per heavy atom. The normalized spacial score (nSPS) is 51.9. The summed E-state index contributed by atoms with van der Waals surface area (Å²) in [4.78, 5) is 0. The topological polar surface area (TPSA) is 236 Å². The maximum atomic E-state index is 11.0. The molecule has 200 valence electrons. The van der Waals surface area contributed by atoms with Gasteiger partial charge in [0.05, 0.1) is 18.2 Å². The Hall–Kier alpha value is -0.520. The van der Waals surface area contributed by atoms with Gasteiger partial charge in [-0.25, -0.2) is 0 Å². The third kappa shape index (κ3) is 5.42. The fourth-order valence-electron chi connectivity index (χ4n) is 5.03. The number of rotatable bonds is 7. The van der Waals surface area contributed by atoms with Crippen molar-refractivity contribution in [2.45, 2.75) is 125 Å². The molecule has 2 saturated heterocycles. The zero-order valence-electron chi connectivity index (χ0n) is 19.7. The van der Waals surface area contributed by atoms with Gasteiger partial charge in [0.15, 0.2) is 12.6 Å². The molecule has 5 unspecified atom stereocenters. The van der Waals surface area contributed by atoms with Gasteiger partial charge in [-0.3, -0.25) is 0 Å². The van der Waals surface area contributed by atoms with E-state index in [1.54, 1.807) is 6.92 Å². The summed E-state index contributed by atoms with van der Waals surface area (Å²) >= 11 is 0. The van der Waals surface area contributed by atoms with Crippen molar-refractivity contribution in [2.24, 2.45) is 23.1 Å². The first-order valence-electron chi connectivity index (χ1n) is 11.9. The van der Waals surface area contributed by atoms with Crippen LogP contribution >= 0.6 is 0 Å². The van der Waals surface area contributed by atoms with Crippen LogP contribution in [0.1, 0.15) is 33.6 Å². The molecule has 2 heterocycles. The highest BCUT2D eigenvalue weighted by Gasteiger charge is 2.53. The van der Waals surface area contributed by atoms with E-state index in [0.717, 1.165) is 0 Å². The minimum absolute atomic E-state index is 0.244. The number of aliphatic hydroxyl groups is 6. The molecule has 16 atom stereocenters. The number of nitrogens with two attached hydrogens (primary N) is 3. The fourth-order valence-corrected chi connectivity index (χ4v) is 5.03. The summed E-state index contributed by atoms with van der Waals surface area (Å²) < 4.78 is 23.2. The maximum absolute atomic E-state index is 11.0. The average molecular weight is 496 g/mol. The molecule has 1 aliphatic carbocycles. The van der Waals surface area contributed by atoms with Gasteiger partial charge in [-0.05, 0) is 26.2 Å². The lowest BCUT2D eigenvalue weighted by Gasteiger charge is -2.48. The van der Waals surface area contributed by atoms with Crippen LogP contribution in [0.25, 0.3) is 0 Å². The van der Waals surface area contributed by atoms with E-state index in [-0.39, 0.29) is 5.92 Å². The van der Waals surface area contributed by atoms with Gasteiger partial charge >= 0.3 is 0 Å². The van der Waals surface area contributed by atoms with Crippen molar-refractivity contribution in [3.8, 4) is 0 Å². The van der Waals surface area contributed by atoms with Gasteiger partial charge in [0.25, 0.3) is 0 Å². The number of aliphatic hydroxyl groups excluding tert-OH is 6. The van der Waals surface area contributed by atoms with E-state index < -0.39 is 91.7 Å². The predicted molar refractivity (Wildman–Crippen MR) is 117 cm³/mol. The molecule has 3 aliphatic rings. The lowest BCUT2D eigenvalue weighted by molar-refractivity contribution is -0.317. The smallest absolute Gasteiger partial charge is 0.187 e. The van der Waals surface area contributed by atoms with Crippen molar-refractivity contribution in [1.82, 2.24) is 0 Å². The third-order valence-corrected chi connectivity index (χ3v) is 7.18. The van der Waals surface area contributed by atoms with E-state index in [1.165, 1.54) is 6.92 Å². The molecule has 0 amide bonds. The summed E-state index contributed by atoms with van der Waals surface area (Å²) in [5.41, 5.74) is 18.2. The molecular weight excluding hydrogens is 454 g/mol. The minimum atomic E-state index is -1.45. The Bertz CT molecular complexity index is 660. The molecule has 0 aromatic heterocycles. The zero-order valence-corrected chi connectivity index (χ0v) is 19.7. The van der Waals surface area contributed by atoms with E-state index in [2.05, 4.69) is 0 Å². The molecule has 2 aliphatic heterocycles. The van der Waals surface area contributed by atoms with Crippen LogP contribution in [0.4, 0.5) is 0 Å². The third-order valence-electron chi connectivity index (χ3n) is 7.18. The highest BCUT2D eigenvalue weighted by atomic mass is 16.7. The van der Waals surface area contributed by atoms with E-state index in [0.29, 0.717) is 12.8 Å². The van der Waals surface area contributed by atoms with Crippen molar-refractivity contribution in [3.63, 3.8) is 0 Å². The Balaban J connectivity index is 1.82. The summed E-state index contributed by atoms with van der Waals surface area (Å²) in [5, 5.41) is 62.3. The van der Waals surface area contributed by atoms with Gasteiger partial charge in [0.1, 0.15) is 48.8 Å². The lowest BCUT2D eigenvalue weighted by atomic mass is 9.78. The van der Waals surface area contributed by atoms with Gasteiger partial charge in [-0.2, -0.15) is 0 Å². The van der Waals surface area contributed by atoms with E-state index in [9.17, 15) is 30.6 Å². The molecule has 0 aromatic rings. The zero-order chi connectivity index (χ0) is 25.5. The van der Waals surface area contributed by atoms with Crippen molar-refractivity contribution >= 4 is 0 Å².